The molecule has 8 nitrogen and oxygen atoms in total. The lowest BCUT2D eigenvalue weighted by atomic mass is 9.95. The second-order valence-corrected chi connectivity index (χ2v) is 9.62. The highest BCUT2D eigenvalue weighted by Crippen LogP contribution is 2.34. The minimum Gasteiger partial charge on any atom is -0.392 e. The Morgan fingerprint density at radius 2 is 1.91 bits per heavy atom. The number of hydrogen-bond acceptors (Lipinski definition) is 7. The molecule has 4 aromatic rings. The fourth-order valence-electron chi connectivity index (χ4n) is 5.11. The number of benzene rings is 1. The van der Waals surface area contributed by atoms with Crippen molar-refractivity contribution < 1.29 is 5.11 Å². The molecule has 1 fully saturated rings. The van der Waals surface area contributed by atoms with Crippen molar-refractivity contribution in [1.29, 1.82) is 0 Å². The van der Waals surface area contributed by atoms with Gasteiger partial charge in [0.25, 0.3) is 0 Å². The summed E-state index contributed by atoms with van der Waals surface area (Å²) in [7, 11) is 2.66. The molecule has 1 aliphatic carbocycles. The molecule has 1 aromatic carbocycles. The molecule has 35 heavy (non-hydrogen) atoms. The molecule has 0 amide bonds. The summed E-state index contributed by atoms with van der Waals surface area (Å²) in [5.74, 6) is 0.683. The van der Waals surface area contributed by atoms with Gasteiger partial charge in [0.1, 0.15) is 17.5 Å². The van der Waals surface area contributed by atoms with Crippen LogP contribution in [0.1, 0.15) is 44.6 Å². The third-order valence-corrected chi connectivity index (χ3v) is 7.39. The Balaban J connectivity index is 0.00000124. The number of fused-ring (bicyclic) bond motifs is 2. The molecule has 184 valence electrons. The molecule has 6 rings (SSSR count). The summed E-state index contributed by atoms with van der Waals surface area (Å²) in [6.07, 6.45) is 14.7. The maximum absolute atomic E-state index is 9.42. The van der Waals surface area contributed by atoms with Crippen LogP contribution < -0.4 is 4.90 Å². The molecule has 3 aromatic heterocycles. The van der Waals surface area contributed by atoms with E-state index in [0.717, 1.165) is 46.5 Å². The first kappa shape index (κ1) is 24.2. The van der Waals surface area contributed by atoms with Crippen molar-refractivity contribution >= 4 is 50.2 Å². The zero-order valence-corrected chi connectivity index (χ0v) is 22.1. The van der Waals surface area contributed by atoms with E-state index in [4.69, 9.17) is 15.0 Å². The minimum absolute atomic E-state index is 0.116. The van der Waals surface area contributed by atoms with Crippen molar-refractivity contribution in [3.05, 3.63) is 42.5 Å². The van der Waals surface area contributed by atoms with E-state index >= 15 is 0 Å². The summed E-state index contributed by atoms with van der Waals surface area (Å²) < 4.78 is 4.22. The zero-order chi connectivity index (χ0) is 24.4. The summed E-state index contributed by atoms with van der Waals surface area (Å²) in [6, 6.07) is 6.99. The lowest BCUT2D eigenvalue weighted by Crippen LogP contribution is -2.30. The van der Waals surface area contributed by atoms with Crippen LogP contribution in [0, 0.1) is 0 Å². The minimum atomic E-state index is 0.116. The molecule has 0 spiro atoms. The van der Waals surface area contributed by atoms with Crippen molar-refractivity contribution in [3.8, 4) is 11.3 Å². The molecular formula is C25H32N7OPS. The second kappa shape index (κ2) is 10.6. The molecule has 1 aliphatic heterocycles. The summed E-state index contributed by atoms with van der Waals surface area (Å²) >= 11 is 3.53. The van der Waals surface area contributed by atoms with Gasteiger partial charge in [0.2, 0.25) is 5.95 Å². The van der Waals surface area contributed by atoms with E-state index in [1.807, 2.05) is 10.7 Å². The predicted octanol–water partition coefficient (Wildman–Crippen LogP) is 4.66. The van der Waals surface area contributed by atoms with Gasteiger partial charge >= 0.3 is 0 Å². The molecule has 0 saturated heterocycles. The van der Waals surface area contributed by atoms with Crippen LogP contribution in [-0.2, 0) is 0 Å². The number of aromatic nitrogens is 6. The summed E-state index contributed by atoms with van der Waals surface area (Å²) in [5, 5.41) is 9.42. The Bertz CT molecular complexity index is 1360. The Labute approximate surface area is 213 Å². The first-order valence-corrected chi connectivity index (χ1v) is 13.6. The molecule has 0 bridgehead atoms. The molecule has 0 radical (unpaired) electrons. The van der Waals surface area contributed by atoms with Crippen LogP contribution in [0.4, 0.5) is 5.95 Å². The van der Waals surface area contributed by atoms with E-state index in [1.165, 1.54) is 37.6 Å². The summed E-state index contributed by atoms with van der Waals surface area (Å²) in [4.78, 5) is 21.3. The average Bonchev–Trinajstić information content (AvgIpc) is 3.53. The molecule has 1 atom stereocenters. The Morgan fingerprint density at radius 1 is 1.09 bits per heavy atom. The highest BCUT2D eigenvalue weighted by Gasteiger charge is 2.21. The largest absolute Gasteiger partial charge is 0.392 e. The number of anilines is 1. The number of imidazole rings is 2. The number of rotatable bonds is 4. The molecule has 4 heterocycles. The van der Waals surface area contributed by atoms with Gasteiger partial charge in [-0.15, -0.1) is 0 Å². The third-order valence-electron chi connectivity index (χ3n) is 7.02. The third kappa shape index (κ3) is 4.69. The van der Waals surface area contributed by atoms with Crippen LogP contribution in [0.5, 0.6) is 0 Å². The number of thiol groups is 1. The predicted molar refractivity (Wildman–Crippen MR) is 148 cm³/mol. The van der Waals surface area contributed by atoms with Crippen molar-refractivity contribution in [2.45, 2.75) is 44.6 Å². The summed E-state index contributed by atoms with van der Waals surface area (Å²) in [6.45, 7) is 1.59. The van der Waals surface area contributed by atoms with Crippen molar-refractivity contribution in [3.63, 3.8) is 0 Å². The molecule has 2 aliphatic rings. The highest BCUT2D eigenvalue weighted by atomic mass is 32.1. The van der Waals surface area contributed by atoms with Crippen LogP contribution in [0.2, 0.25) is 0 Å². The van der Waals surface area contributed by atoms with Crippen LogP contribution in [0.25, 0.3) is 33.5 Å². The first-order chi connectivity index (χ1) is 17.2. The fraction of sp³-hybridized carbons (Fsp3) is 0.440. The van der Waals surface area contributed by atoms with Crippen LogP contribution in [0.3, 0.4) is 0 Å². The molecule has 1 N–H and O–H groups in total. The van der Waals surface area contributed by atoms with E-state index in [0.29, 0.717) is 18.5 Å². The number of hydrogen-bond donors (Lipinski definition) is 2. The Kier molecular flexibility index (Phi) is 7.37. The van der Waals surface area contributed by atoms with E-state index in [1.54, 1.807) is 12.6 Å². The van der Waals surface area contributed by atoms with Gasteiger partial charge in [-0.3, -0.25) is 4.34 Å². The maximum Gasteiger partial charge on any atom is 0.228 e. The van der Waals surface area contributed by atoms with Gasteiger partial charge in [-0.05, 0) is 52.6 Å². The second-order valence-electron chi connectivity index (χ2n) is 9.06. The SMILES string of the molecule is CS.OCC1=CCN(c2nc(-c3ccc4c(c3)ncn4C3CCCCC3)c3ncn(P)c3n2)CC1. The maximum atomic E-state index is 9.42. The van der Waals surface area contributed by atoms with Gasteiger partial charge in [0.15, 0.2) is 5.65 Å². The van der Waals surface area contributed by atoms with Gasteiger partial charge < -0.3 is 14.6 Å². The van der Waals surface area contributed by atoms with E-state index in [2.05, 4.69) is 60.7 Å². The molecule has 1 unspecified atom stereocenters. The number of aliphatic hydroxyl groups excluding tert-OH is 1. The number of nitrogens with zero attached hydrogens (tertiary/aromatic N) is 7. The average molecular weight is 510 g/mol. The zero-order valence-electron chi connectivity index (χ0n) is 20.0. The number of aliphatic hydroxyl groups is 1. The molecular weight excluding hydrogens is 477 g/mol. The lowest BCUT2D eigenvalue weighted by molar-refractivity contribution is 0.325. The van der Waals surface area contributed by atoms with Crippen molar-refractivity contribution in [2.75, 3.05) is 30.9 Å². The molecule has 10 heteroatoms. The highest BCUT2D eigenvalue weighted by molar-refractivity contribution is 7.79. The van der Waals surface area contributed by atoms with Gasteiger partial charge in [-0.2, -0.15) is 17.6 Å². The van der Waals surface area contributed by atoms with Crippen LogP contribution >= 0.6 is 22.0 Å². The van der Waals surface area contributed by atoms with Gasteiger partial charge in [0, 0.05) is 24.7 Å². The molecule has 1 saturated carbocycles. The van der Waals surface area contributed by atoms with E-state index in [9.17, 15) is 5.11 Å². The van der Waals surface area contributed by atoms with Crippen molar-refractivity contribution in [1.82, 2.24) is 28.8 Å². The van der Waals surface area contributed by atoms with Gasteiger partial charge in [-0.25, -0.2) is 15.0 Å². The standard InChI is InChI=1S/C24H28N7OP.CH4S/c32-13-16-8-10-29(11-9-16)24-27-21(22-23(28-24)31(33)15-26-22)17-6-7-20-19(12-17)25-14-30(20)18-4-2-1-3-5-18;1-2/h6-8,12,14-15,18,32H,1-5,9-11,13,33H2;2H,1H3. The monoisotopic (exact) mass is 509 g/mol. The van der Waals surface area contributed by atoms with E-state index < -0.39 is 0 Å². The van der Waals surface area contributed by atoms with E-state index in [-0.39, 0.29) is 6.61 Å². The first-order valence-electron chi connectivity index (χ1n) is 12.2. The van der Waals surface area contributed by atoms with Crippen LogP contribution in [-0.4, -0.2) is 59.9 Å². The topological polar surface area (TPSA) is 84.9 Å². The Morgan fingerprint density at radius 3 is 2.66 bits per heavy atom. The van der Waals surface area contributed by atoms with Crippen LogP contribution in [0.15, 0.2) is 42.5 Å². The fourth-order valence-corrected chi connectivity index (χ4v) is 5.36. The van der Waals surface area contributed by atoms with Gasteiger partial charge in [0.05, 0.1) is 24.0 Å². The lowest BCUT2D eigenvalue weighted by Gasteiger charge is -2.26. The van der Waals surface area contributed by atoms with Gasteiger partial charge in [-0.1, -0.05) is 31.4 Å². The summed E-state index contributed by atoms with van der Waals surface area (Å²) in [5.41, 5.74) is 6.63. The Hall–Kier alpha value is -2.48. The normalized spacial score (nSPS) is 16.9. The quantitative estimate of drug-likeness (QED) is 0.237. The smallest absolute Gasteiger partial charge is 0.228 e. The van der Waals surface area contributed by atoms with Crippen molar-refractivity contribution in [2.24, 2.45) is 0 Å².